The number of hydroxylamine groups is 1. The summed E-state index contributed by atoms with van der Waals surface area (Å²) >= 11 is 5.86. The molecule has 0 unspecified atom stereocenters. The van der Waals surface area contributed by atoms with E-state index in [9.17, 15) is 18.0 Å². The van der Waals surface area contributed by atoms with Crippen molar-refractivity contribution in [3.05, 3.63) is 34.9 Å². The van der Waals surface area contributed by atoms with Gasteiger partial charge in [0.25, 0.3) is 0 Å². The number of hydrogen-bond acceptors (Lipinski definition) is 5. The number of benzene rings is 1. The highest BCUT2D eigenvalue weighted by Gasteiger charge is 2.43. The van der Waals surface area contributed by atoms with E-state index in [-0.39, 0.29) is 11.7 Å². The van der Waals surface area contributed by atoms with Crippen LogP contribution in [-0.2, 0) is 9.84 Å². The Bertz CT molecular complexity index is 819. The number of ketones is 1. The molecule has 0 bridgehead atoms. The van der Waals surface area contributed by atoms with Crippen LogP contribution < -0.4 is 5.48 Å². The highest BCUT2D eigenvalue weighted by Crippen LogP contribution is 2.35. The van der Waals surface area contributed by atoms with Crippen LogP contribution in [0.25, 0.3) is 0 Å². The zero-order chi connectivity index (χ0) is 20.3. The van der Waals surface area contributed by atoms with Crippen molar-refractivity contribution in [3.63, 3.8) is 0 Å². The number of likely N-dealkylation sites (tertiary alicyclic amines) is 1. The number of sulfone groups is 1. The monoisotopic (exact) mass is 428 g/mol. The molecule has 9 heteroatoms. The molecule has 2 N–H and O–H groups in total. The molecule has 3 rings (SSSR count). The molecule has 2 aliphatic rings. The lowest BCUT2D eigenvalue weighted by molar-refractivity contribution is 0.0889. The summed E-state index contributed by atoms with van der Waals surface area (Å²) in [7, 11) is -3.58. The minimum Gasteiger partial charge on any atom is -0.306 e. The lowest BCUT2D eigenvalue weighted by Gasteiger charge is -2.38. The molecule has 1 heterocycles. The van der Waals surface area contributed by atoms with Gasteiger partial charge in [0.05, 0.1) is 5.25 Å². The van der Waals surface area contributed by atoms with Gasteiger partial charge in [0.15, 0.2) is 15.6 Å². The van der Waals surface area contributed by atoms with Gasteiger partial charge in [0, 0.05) is 23.0 Å². The SMILES string of the molecule is O=C(c1ccc(Cl)cc1)C1CCC(S(=O)(=O)[C@@H]2CCCCN2C(=O)NO)CC1. The molecule has 28 heavy (non-hydrogen) atoms. The molecule has 1 aliphatic heterocycles. The average Bonchev–Trinajstić information content (AvgIpc) is 2.73. The first-order chi connectivity index (χ1) is 13.3. The molecular formula is C19H25ClN2O5S. The van der Waals surface area contributed by atoms with Crippen LogP contribution in [0.15, 0.2) is 24.3 Å². The van der Waals surface area contributed by atoms with Crippen molar-refractivity contribution in [1.82, 2.24) is 10.4 Å². The van der Waals surface area contributed by atoms with E-state index in [1.807, 2.05) is 0 Å². The second kappa shape index (κ2) is 8.80. The van der Waals surface area contributed by atoms with Crippen LogP contribution >= 0.6 is 11.6 Å². The molecular weight excluding hydrogens is 404 g/mol. The number of halogens is 1. The van der Waals surface area contributed by atoms with Gasteiger partial charge in [-0.05, 0) is 69.2 Å². The van der Waals surface area contributed by atoms with Crippen molar-refractivity contribution in [1.29, 1.82) is 0 Å². The van der Waals surface area contributed by atoms with Crippen molar-refractivity contribution in [2.24, 2.45) is 5.92 Å². The minimum atomic E-state index is -3.58. The summed E-state index contributed by atoms with van der Waals surface area (Å²) in [6.45, 7) is 0.306. The van der Waals surface area contributed by atoms with E-state index < -0.39 is 26.5 Å². The van der Waals surface area contributed by atoms with Crippen LogP contribution in [0, 0.1) is 5.92 Å². The fraction of sp³-hybridized carbons (Fsp3) is 0.579. The molecule has 2 amide bonds. The van der Waals surface area contributed by atoms with E-state index in [2.05, 4.69) is 0 Å². The molecule has 0 aromatic heterocycles. The van der Waals surface area contributed by atoms with Gasteiger partial charge in [0.2, 0.25) is 0 Å². The van der Waals surface area contributed by atoms with Crippen LogP contribution in [0.3, 0.4) is 0 Å². The van der Waals surface area contributed by atoms with Crippen LogP contribution in [0.1, 0.15) is 55.3 Å². The second-order valence-corrected chi connectivity index (χ2v) is 10.3. The summed E-state index contributed by atoms with van der Waals surface area (Å²) in [6, 6.07) is 5.96. The standard InChI is InChI=1S/C19H25ClN2O5S/c20-15-8-4-13(5-9-15)18(23)14-6-10-16(11-7-14)28(26,27)17-3-1-2-12-22(17)19(24)21-25/h4-5,8-9,14,16-17,25H,1-3,6-7,10-12H2,(H,21,24)/t14?,16?,17-/m1/s1. The number of amides is 2. The molecule has 0 radical (unpaired) electrons. The zero-order valence-corrected chi connectivity index (χ0v) is 17.1. The maximum Gasteiger partial charge on any atom is 0.342 e. The van der Waals surface area contributed by atoms with E-state index in [4.69, 9.17) is 16.8 Å². The van der Waals surface area contributed by atoms with Gasteiger partial charge in [-0.1, -0.05) is 11.6 Å². The molecule has 1 saturated carbocycles. The number of urea groups is 1. The number of Topliss-reactive ketones (excluding diaryl/α,β-unsaturated/α-hetero) is 1. The third-order valence-corrected chi connectivity index (χ3v) is 8.72. The predicted octanol–water partition coefficient (Wildman–Crippen LogP) is 3.41. The van der Waals surface area contributed by atoms with Gasteiger partial charge in [0.1, 0.15) is 5.37 Å². The van der Waals surface area contributed by atoms with Crippen LogP contribution in [0.5, 0.6) is 0 Å². The van der Waals surface area contributed by atoms with Gasteiger partial charge < -0.3 is 4.90 Å². The van der Waals surface area contributed by atoms with E-state index in [1.165, 1.54) is 4.90 Å². The van der Waals surface area contributed by atoms with E-state index in [0.29, 0.717) is 55.7 Å². The van der Waals surface area contributed by atoms with Gasteiger partial charge in [-0.3, -0.25) is 10.0 Å². The molecule has 7 nitrogen and oxygen atoms in total. The number of carbonyl (C=O) groups excluding carboxylic acids is 2. The number of piperidine rings is 1. The lowest BCUT2D eigenvalue weighted by atomic mass is 9.83. The van der Waals surface area contributed by atoms with Gasteiger partial charge in [-0.15, -0.1) is 0 Å². The third-order valence-electron chi connectivity index (χ3n) is 5.82. The topological polar surface area (TPSA) is 104 Å². The molecule has 2 fully saturated rings. The molecule has 1 aromatic carbocycles. The van der Waals surface area contributed by atoms with Crippen LogP contribution in [-0.4, -0.2) is 47.5 Å². The highest BCUT2D eigenvalue weighted by molar-refractivity contribution is 7.92. The van der Waals surface area contributed by atoms with E-state index in [0.717, 1.165) is 6.42 Å². The number of nitrogens with one attached hydrogen (secondary N) is 1. The minimum absolute atomic E-state index is 0.0199. The lowest BCUT2D eigenvalue weighted by Crippen LogP contribution is -2.53. The number of nitrogens with zero attached hydrogens (tertiary/aromatic N) is 1. The van der Waals surface area contributed by atoms with Gasteiger partial charge >= 0.3 is 6.03 Å². The smallest absolute Gasteiger partial charge is 0.306 e. The number of carbonyl (C=O) groups is 2. The molecule has 0 spiro atoms. The van der Waals surface area contributed by atoms with Crippen molar-refractivity contribution >= 4 is 33.3 Å². The van der Waals surface area contributed by atoms with Crippen molar-refractivity contribution < 1.29 is 23.2 Å². The first kappa shape index (κ1) is 21.1. The highest BCUT2D eigenvalue weighted by atomic mass is 35.5. The zero-order valence-electron chi connectivity index (χ0n) is 15.5. The Morgan fingerprint density at radius 2 is 1.68 bits per heavy atom. The van der Waals surface area contributed by atoms with Crippen LogP contribution in [0.2, 0.25) is 5.02 Å². The Morgan fingerprint density at radius 3 is 2.29 bits per heavy atom. The maximum absolute atomic E-state index is 13.2. The quantitative estimate of drug-likeness (QED) is 0.434. The molecule has 154 valence electrons. The molecule has 1 atom stereocenters. The van der Waals surface area contributed by atoms with Gasteiger partial charge in [-0.2, -0.15) is 0 Å². The summed E-state index contributed by atoms with van der Waals surface area (Å²) in [6.07, 6.45) is 3.62. The molecule has 1 saturated heterocycles. The fourth-order valence-electron chi connectivity index (χ4n) is 4.26. The Morgan fingerprint density at radius 1 is 1.04 bits per heavy atom. The predicted molar refractivity (Wildman–Crippen MR) is 105 cm³/mol. The van der Waals surface area contributed by atoms with Crippen LogP contribution in [0.4, 0.5) is 4.79 Å². The summed E-state index contributed by atoms with van der Waals surface area (Å²) in [5.41, 5.74) is 2.14. The number of rotatable bonds is 4. The summed E-state index contributed by atoms with van der Waals surface area (Å²) < 4.78 is 26.3. The molecule has 1 aliphatic carbocycles. The Labute approximate surface area is 169 Å². The summed E-state index contributed by atoms with van der Waals surface area (Å²) in [5.74, 6) is -0.178. The Balaban J connectivity index is 1.66. The van der Waals surface area contributed by atoms with E-state index in [1.54, 1.807) is 29.7 Å². The first-order valence-electron chi connectivity index (χ1n) is 9.57. The summed E-state index contributed by atoms with van der Waals surface area (Å²) in [4.78, 5) is 25.8. The fourth-order valence-corrected chi connectivity index (χ4v) is 6.82. The van der Waals surface area contributed by atoms with Crippen molar-refractivity contribution in [2.45, 2.75) is 55.6 Å². The van der Waals surface area contributed by atoms with E-state index >= 15 is 0 Å². The van der Waals surface area contributed by atoms with Crippen molar-refractivity contribution in [2.75, 3.05) is 6.54 Å². The second-order valence-electron chi connectivity index (χ2n) is 7.49. The maximum atomic E-state index is 13.2. The normalized spacial score (nSPS) is 25.9. The molecule has 1 aromatic rings. The number of hydrogen-bond donors (Lipinski definition) is 2. The summed E-state index contributed by atoms with van der Waals surface area (Å²) in [5, 5.41) is 8.00. The first-order valence-corrected chi connectivity index (χ1v) is 11.6. The largest absolute Gasteiger partial charge is 0.342 e. The Kier molecular flexibility index (Phi) is 6.62. The third kappa shape index (κ3) is 4.34. The van der Waals surface area contributed by atoms with Gasteiger partial charge in [-0.25, -0.2) is 18.7 Å². The average molecular weight is 429 g/mol. The Hall–Kier alpha value is -1.64. The van der Waals surface area contributed by atoms with Crippen molar-refractivity contribution in [3.8, 4) is 0 Å².